The Labute approximate surface area is 199 Å². The summed E-state index contributed by atoms with van der Waals surface area (Å²) in [7, 11) is 1.59. The molecule has 1 unspecified atom stereocenters. The number of piperidine rings is 1. The molecule has 3 rings (SSSR count). The van der Waals surface area contributed by atoms with Crippen LogP contribution in [0.2, 0.25) is 0 Å². The number of carbonyl (C=O) groups is 3. The monoisotopic (exact) mass is 469 g/mol. The van der Waals surface area contributed by atoms with Crippen LogP contribution >= 0.6 is 0 Å². The van der Waals surface area contributed by atoms with Crippen LogP contribution in [0.3, 0.4) is 0 Å². The lowest BCUT2D eigenvalue weighted by atomic mass is 9.88. The molecule has 1 aliphatic rings. The molecular formula is C26H32FN3O4. The minimum absolute atomic E-state index is 0.0422. The first-order chi connectivity index (χ1) is 16.5. The summed E-state index contributed by atoms with van der Waals surface area (Å²) in [5, 5.41) is 5.59. The number of rotatable bonds is 10. The van der Waals surface area contributed by atoms with E-state index in [1.54, 1.807) is 18.1 Å². The van der Waals surface area contributed by atoms with Gasteiger partial charge in [-0.2, -0.15) is 0 Å². The van der Waals surface area contributed by atoms with Crippen molar-refractivity contribution in [2.75, 3.05) is 33.4 Å². The average molecular weight is 470 g/mol. The number of methoxy groups -OCH3 is 1. The molecule has 1 fully saturated rings. The van der Waals surface area contributed by atoms with Crippen molar-refractivity contribution in [2.45, 2.75) is 31.7 Å². The molecule has 0 bridgehead atoms. The first kappa shape index (κ1) is 25.4. The summed E-state index contributed by atoms with van der Waals surface area (Å²) in [6.45, 7) is 1.92. The summed E-state index contributed by atoms with van der Waals surface area (Å²) in [6, 6.07) is 14.4. The van der Waals surface area contributed by atoms with E-state index in [0.717, 1.165) is 5.56 Å². The summed E-state index contributed by atoms with van der Waals surface area (Å²) in [5.41, 5.74) is 0.857. The molecule has 1 saturated heterocycles. The van der Waals surface area contributed by atoms with Gasteiger partial charge in [0.25, 0.3) is 5.91 Å². The number of benzene rings is 2. The minimum Gasteiger partial charge on any atom is -0.385 e. The summed E-state index contributed by atoms with van der Waals surface area (Å²) in [4.78, 5) is 40.2. The van der Waals surface area contributed by atoms with Gasteiger partial charge >= 0.3 is 0 Å². The van der Waals surface area contributed by atoms with E-state index in [0.29, 0.717) is 51.9 Å². The lowest BCUT2D eigenvalue weighted by molar-refractivity contribution is -0.132. The molecule has 0 spiro atoms. The van der Waals surface area contributed by atoms with Crippen LogP contribution in [0, 0.1) is 11.7 Å². The van der Waals surface area contributed by atoms with Gasteiger partial charge in [-0.25, -0.2) is 4.39 Å². The quantitative estimate of drug-likeness (QED) is 0.524. The maximum atomic E-state index is 14.1. The number of likely N-dealkylation sites (tertiary alicyclic amines) is 1. The lowest BCUT2D eigenvalue weighted by Crippen LogP contribution is -2.54. The van der Waals surface area contributed by atoms with Crippen molar-refractivity contribution in [2.24, 2.45) is 5.92 Å². The van der Waals surface area contributed by atoms with E-state index in [2.05, 4.69) is 10.6 Å². The average Bonchev–Trinajstić information content (AvgIpc) is 2.86. The van der Waals surface area contributed by atoms with E-state index in [-0.39, 0.29) is 23.3 Å². The Hall–Kier alpha value is -3.26. The molecule has 0 aromatic heterocycles. The summed E-state index contributed by atoms with van der Waals surface area (Å²) in [6.07, 6.45) is 2.10. The third-order valence-electron chi connectivity index (χ3n) is 6.07. The van der Waals surface area contributed by atoms with Crippen LogP contribution in [-0.4, -0.2) is 62.0 Å². The predicted octanol–water partition coefficient (Wildman–Crippen LogP) is 2.56. The molecule has 2 aromatic carbocycles. The van der Waals surface area contributed by atoms with Crippen molar-refractivity contribution in [3.63, 3.8) is 0 Å². The van der Waals surface area contributed by atoms with Gasteiger partial charge in [0.05, 0.1) is 12.0 Å². The molecule has 0 aliphatic carbocycles. The van der Waals surface area contributed by atoms with Gasteiger partial charge in [-0.15, -0.1) is 0 Å². The Morgan fingerprint density at radius 2 is 1.74 bits per heavy atom. The van der Waals surface area contributed by atoms with E-state index in [1.165, 1.54) is 18.2 Å². The molecular weight excluding hydrogens is 437 g/mol. The normalized spacial score (nSPS) is 14.9. The van der Waals surface area contributed by atoms with Crippen LogP contribution < -0.4 is 10.6 Å². The Balaban J connectivity index is 1.63. The van der Waals surface area contributed by atoms with Crippen LogP contribution in [0.4, 0.5) is 4.39 Å². The van der Waals surface area contributed by atoms with E-state index >= 15 is 0 Å². The van der Waals surface area contributed by atoms with Crippen molar-refractivity contribution in [1.82, 2.24) is 15.5 Å². The number of nitrogens with zero attached hydrogens (tertiary/aromatic N) is 1. The van der Waals surface area contributed by atoms with Crippen LogP contribution in [-0.2, 0) is 20.7 Å². The zero-order chi connectivity index (χ0) is 24.3. The largest absolute Gasteiger partial charge is 0.385 e. The van der Waals surface area contributed by atoms with Gasteiger partial charge in [-0.3, -0.25) is 14.4 Å². The number of ether oxygens (including phenoxy) is 1. The zero-order valence-corrected chi connectivity index (χ0v) is 19.5. The lowest BCUT2D eigenvalue weighted by Gasteiger charge is -2.36. The fourth-order valence-electron chi connectivity index (χ4n) is 4.16. The van der Waals surface area contributed by atoms with Gasteiger partial charge in [0, 0.05) is 33.4 Å². The van der Waals surface area contributed by atoms with Crippen molar-refractivity contribution in [3.8, 4) is 0 Å². The van der Waals surface area contributed by atoms with Crippen molar-refractivity contribution in [1.29, 1.82) is 0 Å². The first-order valence-electron chi connectivity index (χ1n) is 11.6. The predicted molar refractivity (Wildman–Crippen MR) is 127 cm³/mol. The maximum absolute atomic E-state index is 14.1. The van der Waals surface area contributed by atoms with Crippen LogP contribution in [0.5, 0.6) is 0 Å². The number of carbonyl (C=O) groups excluding carboxylic acids is 3. The highest BCUT2D eigenvalue weighted by molar-refractivity contribution is 5.97. The molecule has 2 aromatic rings. The zero-order valence-electron chi connectivity index (χ0n) is 19.5. The molecule has 1 atom stereocenters. The van der Waals surface area contributed by atoms with Gasteiger partial charge in [-0.1, -0.05) is 42.5 Å². The third-order valence-corrected chi connectivity index (χ3v) is 6.07. The summed E-state index contributed by atoms with van der Waals surface area (Å²) >= 11 is 0. The Kier molecular flexibility index (Phi) is 9.58. The molecule has 182 valence electrons. The van der Waals surface area contributed by atoms with E-state index in [1.807, 2.05) is 30.3 Å². The molecule has 0 radical (unpaired) electrons. The molecule has 0 saturated carbocycles. The highest BCUT2D eigenvalue weighted by Gasteiger charge is 2.34. The number of hydrogen-bond acceptors (Lipinski definition) is 4. The van der Waals surface area contributed by atoms with Crippen LogP contribution in [0.15, 0.2) is 54.6 Å². The summed E-state index contributed by atoms with van der Waals surface area (Å²) in [5.74, 6) is -1.70. The molecule has 7 nitrogen and oxygen atoms in total. The van der Waals surface area contributed by atoms with E-state index in [4.69, 9.17) is 4.74 Å². The van der Waals surface area contributed by atoms with Gasteiger partial charge in [0.15, 0.2) is 0 Å². The van der Waals surface area contributed by atoms with E-state index in [9.17, 15) is 18.8 Å². The molecule has 3 amide bonds. The second kappa shape index (κ2) is 12.8. The van der Waals surface area contributed by atoms with Gasteiger partial charge in [0.2, 0.25) is 11.8 Å². The second-order valence-corrected chi connectivity index (χ2v) is 8.45. The van der Waals surface area contributed by atoms with Crippen LogP contribution in [0.25, 0.3) is 0 Å². The van der Waals surface area contributed by atoms with Crippen molar-refractivity contribution in [3.05, 3.63) is 71.5 Å². The molecule has 1 heterocycles. The number of nitrogens with one attached hydrogen (secondary N) is 2. The van der Waals surface area contributed by atoms with Gasteiger partial charge < -0.3 is 20.3 Å². The smallest absolute Gasteiger partial charge is 0.254 e. The number of amides is 3. The fraction of sp³-hybridized carbons (Fsp3) is 0.423. The van der Waals surface area contributed by atoms with Crippen LogP contribution in [0.1, 0.15) is 35.2 Å². The fourth-order valence-corrected chi connectivity index (χ4v) is 4.16. The summed E-state index contributed by atoms with van der Waals surface area (Å²) < 4.78 is 19.1. The molecule has 1 aliphatic heterocycles. The first-order valence-corrected chi connectivity index (χ1v) is 11.6. The molecule has 34 heavy (non-hydrogen) atoms. The number of halogens is 1. The standard InChI is InChI=1S/C26H32FN3O4/c1-34-17-7-14-28-26(33)24(29-25(32)21-10-5-6-11-22(21)27)20-12-15-30(16-13-20)23(31)18-19-8-3-2-4-9-19/h2-6,8-11,20,24H,7,12-18H2,1H3,(H,28,33)(H,29,32). The Bertz CT molecular complexity index is 962. The highest BCUT2D eigenvalue weighted by Crippen LogP contribution is 2.22. The van der Waals surface area contributed by atoms with E-state index < -0.39 is 17.8 Å². The van der Waals surface area contributed by atoms with Crippen molar-refractivity contribution < 1.29 is 23.5 Å². The SMILES string of the molecule is COCCCNC(=O)C(NC(=O)c1ccccc1F)C1CCN(C(=O)Cc2ccccc2)CC1. The highest BCUT2D eigenvalue weighted by atomic mass is 19.1. The Morgan fingerprint density at radius 1 is 1.06 bits per heavy atom. The Morgan fingerprint density at radius 3 is 2.41 bits per heavy atom. The van der Waals surface area contributed by atoms with Gasteiger partial charge in [0.1, 0.15) is 11.9 Å². The molecule has 8 heteroatoms. The van der Waals surface area contributed by atoms with Crippen molar-refractivity contribution >= 4 is 17.7 Å². The van der Waals surface area contributed by atoms with Gasteiger partial charge in [-0.05, 0) is 42.9 Å². The topological polar surface area (TPSA) is 87.7 Å². The third kappa shape index (κ3) is 7.12. The second-order valence-electron chi connectivity index (χ2n) is 8.45. The maximum Gasteiger partial charge on any atom is 0.254 e. The molecule has 2 N–H and O–H groups in total. The minimum atomic E-state index is -0.818. The number of hydrogen-bond donors (Lipinski definition) is 2.